The van der Waals surface area contributed by atoms with Gasteiger partial charge in [-0.05, 0) is 30.2 Å². The third-order valence-corrected chi connectivity index (χ3v) is 4.55. The fraction of sp³-hybridized carbons (Fsp3) is 0.500. The van der Waals surface area contributed by atoms with Gasteiger partial charge in [-0.25, -0.2) is 9.67 Å². The molecule has 3 rings (SSSR count). The first-order chi connectivity index (χ1) is 11.3. The number of aryl methyl sites for hydroxylation is 1. The highest BCUT2D eigenvalue weighted by Gasteiger charge is 2.36. The molecule has 0 radical (unpaired) electrons. The maximum absolute atomic E-state index is 12.9. The number of hydrogen-bond donors (Lipinski definition) is 0. The van der Waals surface area contributed by atoms with E-state index in [1.807, 2.05) is 39.8 Å². The number of fused-ring (bicyclic) bond motifs is 1. The minimum atomic E-state index is -0.457. The Labute approximate surface area is 147 Å². The molecule has 0 saturated carbocycles. The monoisotopic (exact) mass is 347 g/mol. The van der Waals surface area contributed by atoms with Gasteiger partial charge in [-0.1, -0.05) is 32.4 Å². The highest BCUT2D eigenvalue weighted by atomic mass is 35.5. The fourth-order valence-corrected chi connectivity index (χ4v) is 3.46. The minimum Gasteiger partial charge on any atom is -0.489 e. The van der Waals surface area contributed by atoms with Gasteiger partial charge in [0.05, 0.1) is 0 Å². The molecule has 1 aliphatic rings. The van der Waals surface area contributed by atoms with E-state index in [-0.39, 0.29) is 17.9 Å². The lowest BCUT2D eigenvalue weighted by molar-refractivity contribution is -0.130. The van der Waals surface area contributed by atoms with Gasteiger partial charge in [-0.2, -0.15) is 5.10 Å². The molecule has 2 aromatic rings. The van der Waals surface area contributed by atoms with Crippen LogP contribution in [-0.2, 0) is 11.2 Å². The number of rotatable bonds is 4. The van der Waals surface area contributed by atoms with Crippen molar-refractivity contribution in [2.24, 2.45) is 5.41 Å². The number of aromatic nitrogens is 3. The van der Waals surface area contributed by atoms with Crippen molar-refractivity contribution in [1.82, 2.24) is 14.8 Å². The summed E-state index contributed by atoms with van der Waals surface area (Å²) < 4.78 is 7.75. The van der Waals surface area contributed by atoms with Gasteiger partial charge >= 0.3 is 0 Å². The zero-order valence-corrected chi connectivity index (χ0v) is 15.2. The van der Waals surface area contributed by atoms with Crippen molar-refractivity contribution < 1.29 is 9.53 Å². The number of ketones is 1. The summed E-state index contributed by atoms with van der Waals surface area (Å²) in [5.41, 5.74) is 1.67. The summed E-state index contributed by atoms with van der Waals surface area (Å²) in [7, 11) is 0. The number of benzene rings is 1. The number of nitrogens with zero attached hydrogens (tertiary/aromatic N) is 3. The second kappa shape index (κ2) is 6.20. The molecular formula is C18H22ClN3O2. The topological polar surface area (TPSA) is 57.0 Å². The molecule has 2 unspecified atom stereocenters. The van der Waals surface area contributed by atoms with Gasteiger partial charge < -0.3 is 4.74 Å². The molecule has 0 saturated heterocycles. The standard InChI is InChI=1S/C18H22ClN3O2/c1-11-5-13(19)6-12-7-14(24-16(11)12)8-15(17(23)18(2,3)4)22-10-20-9-21-22/h5-6,9-10,14-15H,7-8H2,1-4H3. The first kappa shape index (κ1) is 17.0. The SMILES string of the molecule is Cc1cc(Cl)cc2c1OC(CC(C(=O)C(C)(C)C)n1cncn1)C2. The molecule has 0 fully saturated rings. The Kier molecular flexibility index (Phi) is 4.38. The van der Waals surface area contributed by atoms with Crippen LogP contribution in [0.25, 0.3) is 0 Å². The maximum atomic E-state index is 12.9. The van der Waals surface area contributed by atoms with E-state index >= 15 is 0 Å². The Morgan fingerprint density at radius 2 is 2.21 bits per heavy atom. The van der Waals surface area contributed by atoms with Crippen molar-refractivity contribution in [3.63, 3.8) is 0 Å². The lowest BCUT2D eigenvalue weighted by Gasteiger charge is -2.26. The summed E-state index contributed by atoms with van der Waals surface area (Å²) in [6.07, 6.45) is 4.29. The average Bonchev–Trinajstić information content (AvgIpc) is 3.11. The van der Waals surface area contributed by atoms with Crippen LogP contribution in [0, 0.1) is 12.3 Å². The third-order valence-electron chi connectivity index (χ3n) is 4.33. The Bertz CT molecular complexity index is 750. The van der Waals surface area contributed by atoms with Crippen LogP contribution in [0.5, 0.6) is 5.75 Å². The molecule has 0 amide bonds. The van der Waals surface area contributed by atoms with Gasteiger partial charge in [0, 0.05) is 23.3 Å². The second-order valence-corrected chi connectivity index (χ2v) is 7.83. The largest absolute Gasteiger partial charge is 0.489 e. The third kappa shape index (κ3) is 3.31. The lowest BCUT2D eigenvalue weighted by atomic mass is 9.84. The van der Waals surface area contributed by atoms with Crippen LogP contribution in [0.1, 0.15) is 44.4 Å². The number of Topliss-reactive ketones (excluding diaryl/α,β-unsaturated/α-hetero) is 1. The summed E-state index contributed by atoms with van der Waals surface area (Å²) in [6, 6.07) is 3.46. The zero-order chi connectivity index (χ0) is 17.5. The summed E-state index contributed by atoms with van der Waals surface area (Å²) >= 11 is 6.14. The number of ether oxygens (including phenoxy) is 1. The molecule has 5 nitrogen and oxygen atoms in total. The van der Waals surface area contributed by atoms with E-state index in [1.165, 1.54) is 6.33 Å². The van der Waals surface area contributed by atoms with Crippen molar-refractivity contribution in [3.8, 4) is 5.75 Å². The van der Waals surface area contributed by atoms with Crippen molar-refractivity contribution in [1.29, 1.82) is 0 Å². The highest BCUT2D eigenvalue weighted by Crippen LogP contribution is 2.38. The van der Waals surface area contributed by atoms with Crippen molar-refractivity contribution >= 4 is 17.4 Å². The molecule has 1 aromatic heterocycles. The molecule has 0 N–H and O–H groups in total. The maximum Gasteiger partial charge on any atom is 0.162 e. The van der Waals surface area contributed by atoms with Crippen LogP contribution in [0.2, 0.25) is 5.02 Å². The van der Waals surface area contributed by atoms with Crippen LogP contribution in [0.3, 0.4) is 0 Å². The number of halogens is 1. The van der Waals surface area contributed by atoms with E-state index in [9.17, 15) is 4.79 Å². The van der Waals surface area contributed by atoms with E-state index in [4.69, 9.17) is 16.3 Å². The van der Waals surface area contributed by atoms with E-state index in [2.05, 4.69) is 10.1 Å². The molecule has 24 heavy (non-hydrogen) atoms. The van der Waals surface area contributed by atoms with Gasteiger partial charge in [0.15, 0.2) is 5.78 Å². The van der Waals surface area contributed by atoms with Crippen LogP contribution in [0.15, 0.2) is 24.8 Å². The van der Waals surface area contributed by atoms with E-state index < -0.39 is 5.41 Å². The normalized spacial score (nSPS) is 18.1. The lowest BCUT2D eigenvalue weighted by Crippen LogP contribution is -2.34. The first-order valence-electron chi connectivity index (χ1n) is 8.10. The number of carbonyl (C=O) groups excluding carboxylic acids is 1. The summed E-state index contributed by atoms with van der Waals surface area (Å²) in [5.74, 6) is 1.02. The van der Waals surface area contributed by atoms with Crippen LogP contribution in [-0.4, -0.2) is 26.7 Å². The van der Waals surface area contributed by atoms with Gasteiger partial charge in [0.2, 0.25) is 0 Å². The van der Waals surface area contributed by atoms with E-state index in [0.717, 1.165) is 23.3 Å². The quantitative estimate of drug-likeness (QED) is 0.844. The highest BCUT2D eigenvalue weighted by molar-refractivity contribution is 6.30. The molecule has 0 aliphatic carbocycles. The predicted molar refractivity (Wildman–Crippen MR) is 92.4 cm³/mol. The minimum absolute atomic E-state index is 0.0716. The average molecular weight is 348 g/mol. The molecular weight excluding hydrogens is 326 g/mol. The summed E-state index contributed by atoms with van der Waals surface area (Å²) in [6.45, 7) is 7.76. The molecule has 1 aliphatic heterocycles. The molecule has 1 aromatic carbocycles. The van der Waals surface area contributed by atoms with Crippen LogP contribution < -0.4 is 4.74 Å². The van der Waals surface area contributed by atoms with Gasteiger partial charge in [-0.3, -0.25) is 4.79 Å². The molecule has 0 spiro atoms. The van der Waals surface area contributed by atoms with Crippen LogP contribution >= 0.6 is 11.6 Å². The summed E-state index contributed by atoms with van der Waals surface area (Å²) in [4.78, 5) is 16.9. The van der Waals surface area contributed by atoms with E-state index in [1.54, 1.807) is 11.0 Å². The Morgan fingerprint density at radius 1 is 1.46 bits per heavy atom. The van der Waals surface area contributed by atoms with Crippen molar-refractivity contribution in [3.05, 3.63) is 40.9 Å². The van der Waals surface area contributed by atoms with Crippen molar-refractivity contribution in [2.45, 2.75) is 52.7 Å². The smallest absolute Gasteiger partial charge is 0.162 e. The van der Waals surface area contributed by atoms with Gasteiger partial charge in [0.1, 0.15) is 30.5 Å². The first-order valence-corrected chi connectivity index (χ1v) is 8.47. The summed E-state index contributed by atoms with van der Waals surface area (Å²) in [5, 5.41) is 4.90. The van der Waals surface area contributed by atoms with Crippen molar-refractivity contribution in [2.75, 3.05) is 0 Å². The Balaban J connectivity index is 1.83. The molecule has 2 atom stereocenters. The zero-order valence-electron chi connectivity index (χ0n) is 14.4. The number of hydrogen-bond acceptors (Lipinski definition) is 4. The van der Waals surface area contributed by atoms with Gasteiger partial charge in [-0.15, -0.1) is 0 Å². The number of carbonyl (C=O) groups is 1. The second-order valence-electron chi connectivity index (χ2n) is 7.40. The van der Waals surface area contributed by atoms with Crippen LogP contribution in [0.4, 0.5) is 0 Å². The molecule has 2 heterocycles. The Morgan fingerprint density at radius 3 is 2.83 bits per heavy atom. The van der Waals surface area contributed by atoms with E-state index in [0.29, 0.717) is 11.4 Å². The molecule has 6 heteroatoms. The molecule has 128 valence electrons. The fourth-order valence-electron chi connectivity index (χ4n) is 3.17. The Hall–Kier alpha value is -1.88. The molecule has 0 bridgehead atoms. The predicted octanol–water partition coefficient (Wildman–Crippen LogP) is 3.79. The van der Waals surface area contributed by atoms with Gasteiger partial charge in [0.25, 0.3) is 0 Å².